The molecule has 0 aliphatic rings. The van der Waals surface area contributed by atoms with Gasteiger partial charge in [-0.2, -0.15) is 0 Å². The molecule has 3 heteroatoms. The number of hydrogen-bond donors (Lipinski definition) is 0. The van der Waals surface area contributed by atoms with Crippen LogP contribution < -0.4 is 4.74 Å². The molecule has 0 radical (unpaired) electrons. The summed E-state index contributed by atoms with van der Waals surface area (Å²) < 4.78 is 10.9. The van der Waals surface area contributed by atoms with E-state index in [0.717, 1.165) is 11.1 Å². The molecular formula is C16H24O3. The topological polar surface area (TPSA) is 35.5 Å². The SMILES string of the molecule is CCC(CC)(OC)C(=O)c1c(C)cc(C)cc1OC. The minimum Gasteiger partial charge on any atom is -0.496 e. The second-order valence-corrected chi connectivity index (χ2v) is 4.89. The van der Waals surface area contributed by atoms with Crippen molar-refractivity contribution in [3.63, 3.8) is 0 Å². The van der Waals surface area contributed by atoms with Crippen molar-refractivity contribution in [2.75, 3.05) is 14.2 Å². The third kappa shape index (κ3) is 2.81. The molecule has 0 spiro atoms. The summed E-state index contributed by atoms with van der Waals surface area (Å²) in [6, 6.07) is 3.90. The van der Waals surface area contributed by atoms with Crippen LogP contribution in [-0.2, 0) is 4.74 Å². The van der Waals surface area contributed by atoms with E-state index in [1.165, 1.54) is 0 Å². The van der Waals surface area contributed by atoms with Crippen LogP contribution in [0.5, 0.6) is 5.75 Å². The molecule has 0 bridgehead atoms. The Morgan fingerprint density at radius 2 is 1.74 bits per heavy atom. The molecule has 0 amide bonds. The van der Waals surface area contributed by atoms with Gasteiger partial charge in [0, 0.05) is 7.11 Å². The van der Waals surface area contributed by atoms with E-state index in [9.17, 15) is 4.79 Å². The van der Waals surface area contributed by atoms with E-state index in [1.807, 2.05) is 39.8 Å². The molecular weight excluding hydrogens is 240 g/mol. The van der Waals surface area contributed by atoms with Gasteiger partial charge in [0.15, 0.2) is 5.78 Å². The lowest BCUT2D eigenvalue weighted by atomic mass is 9.85. The van der Waals surface area contributed by atoms with Gasteiger partial charge in [-0.15, -0.1) is 0 Å². The van der Waals surface area contributed by atoms with Crippen molar-refractivity contribution in [1.29, 1.82) is 0 Å². The Hall–Kier alpha value is -1.35. The van der Waals surface area contributed by atoms with Crippen LogP contribution in [0.2, 0.25) is 0 Å². The van der Waals surface area contributed by atoms with Crippen molar-refractivity contribution >= 4 is 5.78 Å². The second-order valence-electron chi connectivity index (χ2n) is 4.89. The Morgan fingerprint density at radius 3 is 2.16 bits per heavy atom. The highest BCUT2D eigenvalue weighted by atomic mass is 16.5. The number of benzene rings is 1. The molecule has 0 heterocycles. The molecule has 0 aliphatic heterocycles. The fourth-order valence-corrected chi connectivity index (χ4v) is 2.56. The summed E-state index contributed by atoms with van der Waals surface area (Å²) >= 11 is 0. The number of rotatable bonds is 6. The minimum absolute atomic E-state index is 0.00866. The molecule has 0 unspecified atom stereocenters. The van der Waals surface area contributed by atoms with Crippen molar-refractivity contribution in [1.82, 2.24) is 0 Å². The summed E-state index contributed by atoms with van der Waals surface area (Å²) in [6.07, 6.45) is 1.30. The maximum atomic E-state index is 12.9. The Bertz CT molecular complexity index is 451. The van der Waals surface area contributed by atoms with Gasteiger partial charge in [-0.1, -0.05) is 19.9 Å². The first-order valence-electron chi connectivity index (χ1n) is 6.70. The van der Waals surface area contributed by atoms with E-state index in [1.54, 1.807) is 14.2 Å². The van der Waals surface area contributed by atoms with Crippen molar-refractivity contribution in [2.45, 2.75) is 46.1 Å². The Balaban J connectivity index is 3.41. The molecule has 0 N–H and O–H groups in total. The average molecular weight is 264 g/mol. The summed E-state index contributed by atoms with van der Waals surface area (Å²) in [5.74, 6) is 0.639. The Kier molecular flexibility index (Phi) is 5.12. The maximum absolute atomic E-state index is 12.9. The van der Waals surface area contributed by atoms with Crippen LogP contribution >= 0.6 is 0 Å². The number of methoxy groups -OCH3 is 2. The third-order valence-corrected chi connectivity index (χ3v) is 3.84. The highest BCUT2D eigenvalue weighted by Crippen LogP contribution is 2.32. The van der Waals surface area contributed by atoms with E-state index >= 15 is 0 Å². The van der Waals surface area contributed by atoms with Crippen LogP contribution in [0.25, 0.3) is 0 Å². The average Bonchev–Trinajstić information content (AvgIpc) is 2.40. The largest absolute Gasteiger partial charge is 0.496 e. The van der Waals surface area contributed by atoms with Crippen molar-refractivity contribution < 1.29 is 14.3 Å². The first-order chi connectivity index (χ1) is 8.95. The summed E-state index contributed by atoms with van der Waals surface area (Å²) in [7, 11) is 3.19. The molecule has 0 aliphatic carbocycles. The number of ether oxygens (including phenoxy) is 2. The fraction of sp³-hybridized carbons (Fsp3) is 0.562. The van der Waals surface area contributed by atoms with Crippen LogP contribution in [0.4, 0.5) is 0 Å². The molecule has 106 valence electrons. The molecule has 19 heavy (non-hydrogen) atoms. The normalized spacial score (nSPS) is 11.5. The highest BCUT2D eigenvalue weighted by Gasteiger charge is 2.37. The van der Waals surface area contributed by atoms with E-state index in [0.29, 0.717) is 24.2 Å². The highest BCUT2D eigenvalue weighted by molar-refractivity contribution is 6.05. The first-order valence-corrected chi connectivity index (χ1v) is 6.70. The number of carbonyl (C=O) groups is 1. The van der Waals surface area contributed by atoms with E-state index in [2.05, 4.69) is 0 Å². The molecule has 1 aromatic rings. The van der Waals surface area contributed by atoms with Gasteiger partial charge in [-0.05, 0) is 43.9 Å². The molecule has 0 fully saturated rings. The summed E-state index contributed by atoms with van der Waals surface area (Å²) in [4.78, 5) is 12.9. The summed E-state index contributed by atoms with van der Waals surface area (Å²) in [5.41, 5.74) is 1.90. The van der Waals surface area contributed by atoms with Crippen molar-refractivity contribution in [2.24, 2.45) is 0 Å². The monoisotopic (exact) mass is 264 g/mol. The molecule has 0 saturated heterocycles. The number of ketones is 1. The molecule has 3 nitrogen and oxygen atoms in total. The van der Waals surface area contributed by atoms with Crippen LogP contribution in [0.15, 0.2) is 12.1 Å². The fourth-order valence-electron chi connectivity index (χ4n) is 2.56. The van der Waals surface area contributed by atoms with Gasteiger partial charge in [0.2, 0.25) is 0 Å². The van der Waals surface area contributed by atoms with E-state index < -0.39 is 5.60 Å². The van der Waals surface area contributed by atoms with Crippen LogP contribution in [0, 0.1) is 13.8 Å². The number of carbonyl (C=O) groups excluding carboxylic acids is 1. The van der Waals surface area contributed by atoms with Crippen LogP contribution in [0.3, 0.4) is 0 Å². The minimum atomic E-state index is -0.757. The zero-order valence-electron chi connectivity index (χ0n) is 12.8. The lowest BCUT2D eigenvalue weighted by Crippen LogP contribution is -2.40. The summed E-state index contributed by atoms with van der Waals surface area (Å²) in [6.45, 7) is 7.88. The molecule has 1 rings (SSSR count). The van der Waals surface area contributed by atoms with Gasteiger partial charge in [0.25, 0.3) is 0 Å². The first kappa shape index (κ1) is 15.7. The molecule has 1 aromatic carbocycles. The van der Waals surface area contributed by atoms with Crippen LogP contribution in [0.1, 0.15) is 48.2 Å². The van der Waals surface area contributed by atoms with Gasteiger partial charge in [-0.25, -0.2) is 0 Å². The second kappa shape index (κ2) is 6.20. The predicted molar refractivity (Wildman–Crippen MR) is 77.1 cm³/mol. The maximum Gasteiger partial charge on any atom is 0.198 e. The molecule has 0 aromatic heterocycles. The van der Waals surface area contributed by atoms with Gasteiger partial charge in [0.05, 0.1) is 12.7 Å². The molecule has 0 saturated carbocycles. The quantitative estimate of drug-likeness (QED) is 0.735. The third-order valence-electron chi connectivity index (χ3n) is 3.84. The van der Waals surface area contributed by atoms with Crippen LogP contribution in [-0.4, -0.2) is 25.6 Å². The van der Waals surface area contributed by atoms with Gasteiger partial charge in [-0.3, -0.25) is 4.79 Å². The van der Waals surface area contributed by atoms with Crippen molar-refractivity contribution in [3.05, 3.63) is 28.8 Å². The smallest absolute Gasteiger partial charge is 0.198 e. The predicted octanol–water partition coefficient (Wildman–Crippen LogP) is 3.70. The zero-order valence-corrected chi connectivity index (χ0v) is 12.8. The zero-order chi connectivity index (χ0) is 14.6. The number of aryl methyl sites for hydroxylation is 2. The number of hydrogen-bond acceptors (Lipinski definition) is 3. The molecule has 0 atom stereocenters. The summed E-state index contributed by atoms with van der Waals surface area (Å²) in [5, 5.41) is 0. The van der Waals surface area contributed by atoms with Gasteiger partial charge >= 0.3 is 0 Å². The van der Waals surface area contributed by atoms with E-state index in [-0.39, 0.29) is 5.78 Å². The Labute approximate surface area is 115 Å². The lowest BCUT2D eigenvalue weighted by Gasteiger charge is -2.29. The Morgan fingerprint density at radius 1 is 1.16 bits per heavy atom. The van der Waals surface area contributed by atoms with Gasteiger partial charge in [0.1, 0.15) is 11.4 Å². The van der Waals surface area contributed by atoms with Gasteiger partial charge < -0.3 is 9.47 Å². The standard InChI is InChI=1S/C16H24O3/c1-7-16(8-2,19-6)15(17)14-12(4)9-11(3)10-13(14)18-5/h9-10H,7-8H2,1-6H3. The van der Waals surface area contributed by atoms with E-state index in [4.69, 9.17) is 9.47 Å². The van der Waals surface area contributed by atoms with Crippen molar-refractivity contribution in [3.8, 4) is 5.75 Å². The lowest BCUT2D eigenvalue weighted by molar-refractivity contribution is -0.00286. The number of Topliss-reactive ketones (excluding diaryl/α,β-unsaturated/α-hetero) is 1.